The summed E-state index contributed by atoms with van der Waals surface area (Å²) in [5.74, 6) is -1.32. The Kier molecular flexibility index (Phi) is 7.33. The number of benzene rings is 2. The van der Waals surface area contributed by atoms with Crippen LogP contribution in [0.4, 0.5) is 0 Å². The molecular weight excluding hydrogens is 726 g/mol. The lowest BCUT2D eigenvalue weighted by Crippen LogP contribution is -2.52. The van der Waals surface area contributed by atoms with E-state index in [-0.39, 0.29) is 48.9 Å². The van der Waals surface area contributed by atoms with Crippen LogP contribution in [0.2, 0.25) is 0 Å². The number of hydrogen-bond donors (Lipinski definition) is 0. The van der Waals surface area contributed by atoms with Crippen molar-refractivity contribution in [1.29, 1.82) is 0 Å². The van der Waals surface area contributed by atoms with Crippen LogP contribution in [-0.2, 0) is 18.9 Å². The standard InChI is InChI=1S/C41H35N3O12/c1-43-8-6-18-10-30(36-32(34(18)43)20-12-26-28(51-16-49-26)14-22(20)38(45)55-36)53-40(47)24-4-3-5-25(42-24)41(48)54-31-11-19-7-9-44(2)35(19)33-21-13-27-29(52-17-50-27)15-23(21)39(46)56-37(31)33/h3-5,10-15,30-37H,6-9,16-17H2,1-2H3/t30-,31-,32-,33-,34+,35+,36+,37+/m0/s1. The number of esters is 4. The first-order valence-electron chi connectivity index (χ1n) is 18.7. The van der Waals surface area contributed by atoms with Crippen molar-refractivity contribution < 1.29 is 57.1 Å². The van der Waals surface area contributed by atoms with Crippen LogP contribution in [0.3, 0.4) is 0 Å². The lowest BCUT2D eigenvalue weighted by Gasteiger charge is -2.44. The van der Waals surface area contributed by atoms with E-state index < -0.39 is 48.3 Å². The van der Waals surface area contributed by atoms with Crippen molar-refractivity contribution in [3.05, 3.63) is 99.4 Å². The van der Waals surface area contributed by atoms with E-state index >= 15 is 0 Å². The zero-order chi connectivity index (χ0) is 38.0. The highest BCUT2D eigenvalue weighted by atomic mass is 16.7. The first kappa shape index (κ1) is 33.4. The van der Waals surface area contributed by atoms with Crippen molar-refractivity contribution in [2.75, 3.05) is 40.8 Å². The van der Waals surface area contributed by atoms with E-state index in [0.29, 0.717) is 34.1 Å². The summed E-state index contributed by atoms with van der Waals surface area (Å²) in [5.41, 5.74) is 4.18. The molecule has 3 aromatic rings. The molecule has 15 nitrogen and oxygen atoms in total. The fraction of sp³-hybridized carbons (Fsp3) is 0.390. The molecule has 56 heavy (non-hydrogen) atoms. The molecule has 0 radical (unpaired) electrons. The van der Waals surface area contributed by atoms with Gasteiger partial charge in [-0.2, -0.15) is 0 Å². The highest BCUT2D eigenvalue weighted by Gasteiger charge is 2.54. The number of hydrogen-bond acceptors (Lipinski definition) is 15. The molecule has 8 aliphatic rings. The van der Waals surface area contributed by atoms with Crippen molar-refractivity contribution in [3.8, 4) is 23.0 Å². The lowest BCUT2D eigenvalue weighted by atomic mass is 9.73. The van der Waals surface area contributed by atoms with Gasteiger partial charge in [-0.15, -0.1) is 0 Å². The van der Waals surface area contributed by atoms with Gasteiger partial charge in [0.15, 0.2) is 47.4 Å². The number of ether oxygens (including phenoxy) is 8. The summed E-state index contributed by atoms with van der Waals surface area (Å²) in [6.07, 6.45) is 1.77. The Morgan fingerprint density at radius 1 is 0.661 bits per heavy atom. The van der Waals surface area contributed by atoms with E-state index in [2.05, 4.69) is 14.8 Å². The van der Waals surface area contributed by atoms with Gasteiger partial charge < -0.3 is 37.9 Å². The first-order valence-corrected chi connectivity index (χ1v) is 18.7. The summed E-state index contributed by atoms with van der Waals surface area (Å²) >= 11 is 0. The van der Waals surface area contributed by atoms with Crippen LogP contribution in [0.5, 0.6) is 23.0 Å². The van der Waals surface area contributed by atoms with E-state index in [1.54, 1.807) is 12.1 Å². The summed E-state index contributed by atoms with van der Waals surface area (Å²) in [6, 6.07) is 11.2. The van der Waals surface area contributed by atoms with Crippen molar-refractivity contribution in [1.82, 2.24) is 14.8 Å². The quantitative estimate of drug-likeness (QED) is 0.216. The Balaban J connectivity index is 0.862. The predicted octanol–water partition coefficient (Wildman–Crippen LogP) is 3.52. The molecule has 0 bridgehead atoms. The van der Waals surface area contributed by atoms with Crippen molar-refractivity contribution >= 4 is 23.9 Å². The van der Waals surface area contributed by atoms with Crippen LogP contribution in [0.25, 0.3) is 0 Å². The fourth-order valence-corrected chi connectivity index (χ4v) is 9.91. The number of likely N-dealkylation sites (N-methyl/N-ethyl adjacent to an activating group) is 2. The van der Waals surface area contributed by atoms with Crippen LogP contribution < -0.4 is 18.9 Å². The monoisotopic (exact) mass is 761 g/mol. The SMILES string of the molecule is CN1CCC2=C[C@H](OC(=O)c3cccc(C(=O)O[C@H]4C=C5CCN(C)[C@H]5[C@@H]5c6cc7c(cc6C(=O)O[C@@H]54)OCO7)n3)[C@H]3OC(=O)c4cc5c(cc4[C@H]3[C@@H]21)OCO5. The van der Waals surface area contributed by atoms with E-state index in [4.69, 9.17) is 37.9 Å². The third kappa shape index (κ3) is 4.99. The molecule has 8 atom stereocenters. The van der Waals surface area contributed by atoms with Gasteiger partial charge in [0.25, 0.3) is 0 Å². The van der Waals surface area contributed by atoms with Gasteiger partial charge in [-0.3, -0.25) is 9.80 Å². The Labute approximate surface area is 319 Å². The molecule has 7 heterocycles. The molecular formula is C41H35N3O12. The highest BCUT2D eigenvalue weighted by molar-refractivity contribution is 5.95. The number of pyridine rings is 1. The number of nitrogens with zero attached hydrogens (tertiary/aromatic N) is 3. The molecule has 2 aliphatic carbocycles. The van der Waals surface area contributed by atoms with Crippen LogP contribution in [0.15, 0.2) is 65.8 Å². The number of carbonyl (C=O) groups is 4. The van der Waals surface area contributed by atoms with E-state index in [1.807, 2.05) is 38.4 Å². The second kappa shape index (κ2) is 12.3. The molecule has 2 saturated heterocycles. The molecule has 2 aromatic carbocycles. The van der Waals surface area contributed by atoms with Gasteiger partial charge in [-0.1, -0.05) is 17.2 Å². The van der Waals surface area contributed by atoms with Crippen LogP contribution in [-0.4, -0.2) is 116 Å². The Morgan fingerprint density at radius 3 is 1.54 bits per heavy atom. The second-order valence-electron chi connectivity index (χ2n) is 15.4. The topological polar surface area (TPSA) is 161 Å². The molecule has 0 N–H and O–H groups in total. The third-order valence-corrected chi connectivity index (χ3v) is 12.4. The van der Waals surface area contributed by atoms with Crippen LogP contribution >= 0.6 is 0 Å². The van der Waals surface area contributed by atoms with Crippen LogP contribution in [0, 0.1) is 0 Å². The Bertz CT molecular complexity index is 2180. The largest absolute Gasteiger partial charge is 0.454 e. The van der Waals surface area contributed by atoms with Gasteiger partial charge in [0.05, 0.1) is 11.1 Å². The van der Waals surface area contributed by atoms with Crippen LogP contribution in [0.1, 0.15) is 77.5 Å². The highest BCUT2D eigenvalue weighted by Crippen LogP contribution is 2.51. The molecule has 0 unspecified atom stereocenters. The summed E-state index contributed by atoms with van der Waals surface area (Å²) in [6.45, 7) is 1.69. The minimum atomic E-state index is -0.921. The zero-order valence-corrected chi connectivity index (χ0v) is 30.3. The third-order valence-electron chi connectivity index (χ3n) is 12.4. The predicted molar refractivity (Wildman–Crippen MR) is 190 cm³/mol. The Hall–Kier alpha value is -5.93. The molecule has 286 valence electrons. The van der Waals surface area contributed by atoms with Gasteiger partial charge in [-0.25, -0.2) is 24.2 Å². The van der Waals surface area contributed by atoms with E-state index in [0.717, 1.165) is 48.2 Å². The molecule has 0 spiro atoms. The summed E-state index contributed by atoms with van der Waals surface area (Å²) in [7, 11) is 4.04. The van der Waals surface area contributed by atoms with Gasteiger partial charge in [0.1, 0.15) is 11.4 Å². The van der Waals surface area contributed by atoms with E-state index in [9.17, 15) is 19.2 Å². The maximum Gasteiger partial charge on any atom is 0.357 e. The van der Waals surface area contributed by atoms with Gasteiger partial charge >= 0.3 is 23.9 Å². The summed E-state index contributed by atoms with van der Waals surface area (Å²) in [5, 5.41) is 0. The molecule has 0 amide bonds. The number of carbonyl (C=O) groups excluding carboxylic acids is 4. The number of rotatable bonds is 4. The minimum Gasteiger partial charge on any atom is -0.454 e. The molecule has 6 aliphatic heterocycles. The average Bonchev–Trinajstić information content (AvgIpc) is 4.01. The maximum absolute atomic E-state index is 13.8. The van der Waals surface area contributed by atoms with Gasteiger partial charge in [0, 0.05) is 37.0 Å². The van der Waals surface area contributed by atoms with E-state index in [1.165, 1.54) is 18.2 Å². The zero-order valence-electron chi connectivity index (χ0n) is 30.3. The number of fused-ring (bicyclic) bond motifs is 12. The molecule has 11 rings (SSSR count). The van der Waals surface area contributed by atoms with Crippen molar-refractivity contribution in [2.45, 2.75) is 61.2 Å². The van der Waals surface area contributed by atoms with Gasteiger partial charge in [0.2, 0.25) is 13.6 Å². The molecule has 1 aromatic heterocycles. The summed E-state index contributed by atoms with van der Waals surface area (Å²) in [4.78, 5) is 63.2. The van der Waals surface area contributed by atoms with Gasteiger partial charge in [-0.05, 0) is 86.6 Å². The second-order valence-corrected chi connectivity index (χ2v) is 15.4. The fourth-order valence-electron chi connectivity index (χ4n) is 9.91. The maximum atomic E-state index is 13.8. The van der Waals surface area contributed by atoms with Crippen molar-refractivity contribution in [3.63, 3.8) is 0 Å². The molecule has 0 saturated carbocycles. The number of aromatic nitrogens is 1. The lowest BCUT2D eigenvalue weighted by molar-refractivity contribution is -0.0465. The molecule has 15 heteroatoms. The molecule has 2 fully saturated rings. The Morgan fingerprint density at radius 2 is 1.09 bits per heavy atom. The summed E-state index contributed by atoms with van der Waals surface area (Å²) < 4.78 is 46.5. The van der Waals surface area contributed by atoms with Crippen molar-refractivity contribution in [2.24, 2.45) is 0 Å². The number of likely N-dealkylation sites (tertiary alicyclic amines) is 2. The smallest absolute Gasteiger partial charge is 0.357 e. The average molecular weight is 762 g/mol. The normalized spacial score (nSPS) is 30.3. The minimum absolute atomic E-state index is 0.0582. The first-order chi connectivity index (χ1) is 27.2.